The predicted octanol–water partition coefficient (Wildman–Crippen LogP) is -3.20. The van der Waals surface area contributed by atoms with Gasteiger partial charge in [-0.15, -0.1) is 0 Å². The van der Waals surface area contributed by atoms with Crippen LogP contribution in [0.2, 0.25) is 0 Å². The van der Waals surface area contributed by atoms with E-state index in [-0.39, 0.29) is 46.9 Å². The van der Waals surface area contributed by atoms with E-state index in [0.29, 0.717) is 33.5 Å². The summed E-state index contributed by atoms with van der Waals surface area (Å²) in [5.41, 5.74) is -7.87. The molecule has 30 heteroatoms. The number of esters is 3. The number of hydrogen-bond acceptors (Lipinski definition) is 20. The molecule has 0 aromatic carbocycles. The molecule has 2 saturated heterocycles. The molecule has 0 bridgehead atoms. The number of ether oxygens (including phenoxy) is 7. The lowest BCUT2D eigenvalue weighted by Gasteiger charge is -2.29. The molecule has 73 heavy (non-hydrogen) atoms. The number of rotatable bonds is 34. The van der Waals surface area contributed by atoms with Gasteiger partial charge in [0.2, 0.25) is 0 Å². The van der Waals surface area contributed by atoms with Crippen LogP contribution in [0.3, 0.4) is 0 Å². The lowest BCUT2D eigenvalue weighted by atomic mass is 10.3. The molecule has 0 spiro atoms. The van der Waals surface area contributed by atoms with Crippen molar-refractivity contribution in [1.82, 2.24) is 47.0 Å². The number of hydrogen-bond donors (Lipinski definition) is 2. The van der Waals surface area contributed by atoms with Gasteiger partial charge in [-0.05, 0) is 26.2 Å². The first kappa shape index (κ1) is 59.1. The molecular weight excluding hydrogens is 977 g/mol. The third-order valence-corrected chi connectivity index (χ3v) is 11.4. The standard InChI is InChI=1S/C43H68N10O20/c1-6-9-17-68-26-50-34-35(52(42(50)65)28-70-19-11-8-3)53(43(66)51(34)27-69-18-10-7-2)29-71-21-14-45-36(59)44(13-16-54)37(60)46(38(45)61)15-22-73-33(58)25-49-40(63)47(23-31(56)67-5)39(62)48(41(49)64)24-32(57)72-20-12-30(4)55/h30,34-35,54-55H,6-29H2,1-5H3. The SMILES string of the molecule is CCCCOCN1C(=O)N(COCCCC)C2C1N(COCCCC)C(=O)N2COCCn1c(=O)n(CCO)c(=O)n(CCOC(=O)Cn2c(=O)n(CC(=O)OC)c(=O)n(CC(=O)OCCC(C)O)c2=O)c1=O. The zero-order chi connectivity index (χ0) is 53.8. The normalized spacial score (nSPS) is 15.9. The van der Waals surface area contributed by atoms with Gasteiger partial charge < -0.3 is 43.4 Å². The fraction of sp³-hybridized carbons (Fsp3) is 0.744. The maximum Gasteiger partial charge on any atom is 0.337 e. The van der Waals surface area contributed by atoms with Gasteiger partial charge in [0.15, 0.2) is 12.3 Å². The fourth-order valence-corrected chi connectivity index (χ4v) is 7.42. The Morgan fingerprint density at radius 3 is 1.16 bits per heavy atom. The van der Waals surface area contributed by atoms with Crippen LogP contribution >= 0.6 is 0 Å². The van der Waals surface area contributed by atoms with Crippen LogP contribution in [-0.2, 0) is 86.8 Å². The largest absolute Gasteiger partial charge is 0.468 e. The average molecular weight is 1050 g/mol. The molecule has 2 aliphatic rings. The Kier molecular flexibility index (Phi) is 23.7. The quantitative estimate of drug-likeness (QED) is 0.0396. The maximum absolute atomic E-state index is 14.1. The minimum Gasteiger partial charge on any atom is -0.468 e. The van der Waals surface area contributed by atoms with Gasteiger partial charge in [-0.25, -0.2) is 65.8 Å². The third-order valence-electron chi connectivity index (χ3n) is 11.4. The van der Waals surface area contributed by atoms with E-state index < -0.39 is 148 Å². The minimum atomic E-state index is -1.47. The monoisotopic (exact) mass is 1040 g/mol. The summed E-state index contributed by atoms with van der Waals surface area (Å²) in [5, 5.41) is 19.1. The first-order valence-electron chi connectivity index (χ1n) is 24.0. The van der Waals surface area contributed by atoms with Gasteiger partial charge in [-0.3, -0.25) is 34.0 Å². The highest BCUT2D eigenvalue weighted by Gasteiger charge is 2.59. The van der Waals surface area contributed by atoms with Crippen molar-refractivity contribution >= 4 is 30.0 Å². The van der Waals surface area contributed by atoms with Crippen LogP contribution in [0.5, 0.6) is 0 Å². The van der Waals surface area contributed by atoms with Gasteiger partial charge in [0, 0.05) is 26.2 Å². The van der Waals surface area contributed by atoms with Crippen LogP contribution in [-0.4, -0.2) is 186 Å². The molecule has 3 unspecified atom stereocenters. The highest BCUT2D eigenvalue weighted by atomic mass is 16.5. The molecule has 0 radical (unpaired) electrons. The van der Waals surface area contributed by atoms with Gasteiger partial charge in [-0.2, -0.15) is 0 Å². The van der Waals surface area contributed by atoms with Gasteiger partial charge >= 0.3 is 64.1 Å². The first-order chi connectivity index (χ1) is 35.0. The number of fused-ring (bicyclic) bond motifs is 1. The molecule has 410 valence electrons. The second-order valence-corrected chi connectivity index (χ2v) is 16.8. The Bertz CT molecular complexity index is 2560. The molecule has 2 aliphatic heterocycles. The van der Waals surface area contributed by atoms with Crippen molar-refractivity contribution in [3.8, 4) is 0 Å². The van der Waals surface area contributed by atoms with E-state index in [9.17, 15) is 63.0 Å². The predicted molar refractivity (Wildman–Crippen MR) is 249 cm³/mol. The number of nitrogens with zero attached hydrogens (tertiary/aromatic N) is 10. The van der Waals surface area contributed by atoms with E-state index in [4.69, 9.17) is 28.4 Å². The molecule has 4 heterocycles. The van der Waals surface area contributed by atoms with Crippen LogP contribution < -0.4 is 34.1 Å². The lowest BCUT2D eigenvalue weighted by Crippen LogP contribution is -2.56. The van der Waals surface area contributed by atoms with Crippen molar-refractivity contribution in [2.45, 2.75) is 130 Å². The summed E-state index contributed by atoms with van der Waals surface area (Å²) < 4.78 is 40.3. The van der Waals surface area contributed by atoms with Gasteiger partial charge in [0.1, 0.15) is 53.2 Å². The van der Waals surface area contributed by atoms with Crippen molar-refractivity contribution < 1.29 is 67.3 Å². The zero-order valence-corrected chi connectivity index (χ0v) is 41.9. The molecule has 3 atom stereocenters. The number of aliphatic hydroxyl groups excluding tert-OH is 2. The lowest BCUT2D eigenvalue weighted by molar-refractivity contribution is -0.145. The van der Waals surface area contributed by atoms with Gasteiger partial charge in [-0.1, -0.05) is 40.0 Å². The summed E-state index contributed by atoms with van der Waals surface area (Å²) in [4.78, 5) is 152. The smallest absolute Gasteiger partial charge is 0.337 e. The average Bonchev–Trinajstić information content (AvgIpc) is 3.78. The number of carbonyl (C=O) groups excluding carboxylic acids is 5. The number of aromatic nitrogens is 6. The summed E-state index contributed by atoms with van der Waals surface area (Å²) >= 11 is 0. The number of amides is 4. The molecular formula is C43H68N10O20. The van der Waals surface area contributed by atoms with E-state index in [2.05, 4.69) is 4.74 Å². The van der Waals surface area contributed by atoms with E-state index >= 15 is 0 Å². The molecule has 2 aromatic rings. The number of urea groups is 2. The van der Waals surface area contributed by atoms with Crippen molar-refractivity contribution in [3.63, 3.8) is 0 Å². The minimum absolute atomic E-state index is 0.0168. The van der Waals surface area contributed by atoms with Gasteiger partial charge in [0.25, 0.3) is 0 Å². The number of methoxy groups -OCH3 is 1. The summed E-state index contributed by atoms with van der Waals surface area (Å²) in [6, 6.07) is -1.01. The topological polar surface area (TPSA) is 335 Å². The van der Waals surface area contributed by atoms with Gasteiger partial charge in [0.05, 0.1) is 52.7 Å². The first-order valence-corrected chi connectivity index (χ1v) is 24.0. The summed E-state index contributed by atoms with van der Waals surface area (Å²) in [6.07, 6.45) is 2.07. The van der Waals surface area contributed by atoms with Crippen molar-refractivity contribution in [2.24, 2.45) is 0 Å². The van der Waals surface area contributed by atoms with Crippen LogP contribution in [0.25, 0.3) is 0 Å². The zero-order valence-electron chi connectivity index (χ0n) is 41.9. The number of unbranched alkanes of at least 4 members (excludes halogenated alkanes) is 3. The fourth-order valence-electron chi connectivity index (χ4n) is 7.42. The molecule has 0 aliphatic carbocycles. The summed E-state index contributed by atoms with van der Waals surface area (Å²) in [6.45, 7) is 0.285. The Balaban J connectivity index is 1.54. The summed E-state index contributed by atoms with van der Waals surface area (Å²) in [7, 11) is 0.953. The van der Waals surface area contributed by atoms with Crippen molar-refractivity contribution in [3.05, 3.63) is 62.9 Å². The second-order valence-electron chi connectivity index (χ2n) is 16.8. The highest BCUT2D eigenvalue weighted by Crippen LogP contribution is 2.35. The van der Waals surface area contributed by atoms with E-state index in [1.165, 1.54) is 26.5 Å². The van der Waals surface area contributed by atoms with Crippen LogP contribution in [0.1, 0.15) is 72.6 Å². The Morgan fingerprint density at radius 1 is 0.479 bits per heavy atom. The highest BCUT2D eigenvalue weighted by molar-refractivity contribution is 5.85. The van der Waals surface area contributed by atoms with E-state index in [1.54, 1.807) is 0 Å². The number of aliphatic hydroxyl groups is 2. The summed E-state index contributed by atoms with van der Waals surface area (Å²) in [5.74, 6) is -3.57. The Hall–Kier alpha value is -6.47. The molecule has 2 fully saturated rings. The molecule has 0 saturated carbocycles. The second kappa shape index (κ2) is 29.3. The van der Waals surface area contributed by atoms with E-state index in [1.807, 2.05) is 20.8 Å². The molecule has 4 rings (SSSR count). The van der Waals surface area contributed by atoms with Crippen molar-refractivity contribution in [1.29, 1.82) is 0 Å². The van der Waals surface area contributed by atoms with E-state index in [0.717, 1.165) is 45.6 Å². The molecule has 4 amide bonds. The van der Waals surface area contributed by atoms with Crippen LogP contribution in [0.4, 0.5) is 9.59 Å². The van der Waals surface area contributed by atoms with Crippen LogP contribution in [0, 0.1) is 0 Å². The van der Waals surface area contributed by atoms with Crippen LogP contribution in [0.15, 0.2) is 28.8 Å². The Labute approximate surface area is 417 Å². The number of carbonyl (C=O) groups is 5. The molecule has 2 N–H and O–H groups in total. The third kappa shape index (κ3) is 15.3. The maximum atomic E-state index is 14.1. The molecule has 30 nitrogen and oxygen atoms in total. The molecule has 2 aromatic heterocycles. The Morgan fingerprint density at radius 2 is 0.808 bits per heavy atom. The van der Waals surface area contributed by atoms with Crippen molar-refractivity contribution in [2.75, 3.05) is 80.3 Å².